The van der Waals surface area contributed by atoms with E-state index in [1.54, 1.807) is 4.57 Å². The number of aromatic nitrogens is 4. The Labute approximate surface area is 269 Å². The van der Waals surface area contributed by atoms with Crippen LogP contribution in [-0.4, -0.2) is 75.6 Å². The van der Waals surface area contributed by atoms with Gasteiger partial charge in [-0.15, -0.1) is 0 Å². The summed E-state index contributed by atoms with van der Waals surface area (Å²) in [7, 11) is 0. The van der Waals surface area contributed by atoms with Crippen LogP contribution < -0.4 is 32.7 Å². The number of nitrogen functional groups attached to an aromatic ring is 1. The highest BCUT2D eigenvalue weighted by atomic mass is 16.6. The number of hydrogen-bond acceptors (Lipinski definition) is 10. The Bertz CT molecular complexity index is 1450. The number of carbonyl (C=O) groups excluding carboxylic acids is 2. The smallest absolute Gasteiger partial charge is 0.328 e. The molecule has 0 aliphatic carbocycles. The molecule has 1 aliphatic rings. The lowest BCUT2D eigenvalue weighted by atomic mass is 9.93. The van der Waals surface area contributed by atoms with Crippen molar-refractivity contribution in [2.45, 2.75) is 77.8 Å². The minimum Gasteiger partial charge on any atom is -0.463 e. The number of nitrogens with one attached hydrogen (secondary N) is 3. The Morgan fingerprint density at radius 2 is 1.70 bits per heavy atom. The van der Waals surface area contributed by atoms with E-state index in [1.165, 1.54) is 5.56 Å². The van der Waals surface area contributed by atoms with E-state index < -0.39 is 0 Å². The summed E-state index contributed by atoms with van der Waals surface area (Å²) in [6, 6.07) is 8.52. The summed E-state index contributed by atoms with van der Waals surface area (Å²) in [4.78, 5) is 54.3. The van der Waals surface area contributed by atoms with Crippen molar-refractivity contribution in [3.05, 3.63) is 45.9 Å². The molecule has 2 aromatic heterocycles. The third-order valence-electron chi connectivity index (χ3n) is 8.33. The minimum absolute atomic E-state index is 0.0922. The normalized spacial score (nSPS) is 14.0. The monoisotopic (exact) mass is 639 g/mol. The van der Waals surface area contributed by atoms with Crippen LogP contribution in [0.1, 0.15) is 75.8 Å². The van der Waals surface area contributed by atoms with Crippen molar-refractivity contribution in [2.24, 2.45) is 11.8 Å². The molecule has 3 heterocycles. The second kappa shape index (κ2) is 18.2. The zero-order valence-electron chi connectivity index (χ0n) is 26.9. The van der Waals surface area contributed by atoms with Gasteiger partial charge in [-0.1, -0.05) is 44.0 Å². The molecule has 3 aromatic rings. The molecule has 0 bridgehead atoms. The molecule has 1 saturated heterocycles. The Hall–Kier alpha value is -4.01. The van der Waals surface area contributed by atoms with E-state index in [4.69, 9.17) is 16.4 Å². The van der Waals surface area contributed by atoms with Crippen LogP contribution in [0.3, 0.4) is 0 Å². The van der Waals surface area contributed by atoms with Gasteiger partial charge >= 0.3 is 11.7 Å². The maximum atomic E-state index is 12.7. The van der Waals surface area contributed by atoms with Crippen LogP contribution in [0, 0.1) is 5.92 Å². The van der Waals surface area contributed by atoms with Gasteiger partial charge in [0.15, 0.2) is 11.5 Å². The summed E-state index contributed by atoms with van der Waals surface area (Å²) in [5.41, 5.74) is 8.86. The van der Waals surface area contributed by atoms with Crippen molar-refractivity contribution in [2.75, 3.05) is 45.1 Å². The number of carbonyl (C=O) groups is 2. The van der Waals surface area contributed by atoms with Crippen molar-refractivity contribution in [1.82, 2.24) is 35.1 Å². The van der Waals surface area contributed by atoms with Crippen molar-refractivity contribution < 1.29 is 19.2 Å². The van der Waals surface area contributed by atoms with Crippen LogP contribution in [0.15, 0.2) is 29.1 Å². The quantitative estimate of drug-likeness (QED) is 0.0958. The van der Waals surface area contributed by atoms with Gasteiger partial charge in [0, 0.05) is 26.1 Å². The number of nitrogens with zero attached hydrogens (tertiary/aromatic N) is 4. The van der Waals surface area contributed by atoms with E-state index >= 15 is 0 Å². The van der Waals surface area contributed by atoms with Crippen LogP contribution in [0.4, 0.5) is 5.82 Å². The molecule has 14 heteroatoms. The van der Waals surface area contributed by atoms with E-state index in [1.807, 2.05) is 0 Å². The van der Waals surface area contributed by atoms with Crippen LogP contribution in [0.2, 0.25) is 0 Å². The van der Waals surface area contributed by atoms with E-state index in [-0.39, 0.29) is 35.9 Å². The van der Waals surface area contributed by atoms with Crippen molar-refractivity contribution in [3.63, 3.8) is 0 Å². The molecule has 0 spiro atoms. The van der Waals surface area contributed by atoms with Gasteiger partial charge in [-0.05, 0) is 68.7 Å². The second-order valence-electron chi connectivity index (χ2n) is 12.0. The number of ether oxygens (including phenoxy) is 1. The fourth-order valence-electron chi connectivity index (χ4n) is 5.62. The molecule has 2 amide bonds. The lowest BCUT2D eigenvalue weighted by Crippen LogP contribution is -2.34. The van der Waals surface area contributed by atoms with Crippen molar-refractivity contribution in [3.8, 4) is 6.01 Å². The number of likely N-dealkylation sites (tertiary alicyclic amines) is 1. The first-order valence-corrected chi connectivity index (χ1v) is 16.4. The van der Waals surface area contributed by atoms with Crippen LogP contribution in [0.5, 0.6) is 6.01 Å². The van der Waals surface area contributed by atoms with Gasteiger partial charge in [-0.2, -0.15) is 9.97 Å². The number of H-pyrrole nitrogens is 1. The Balaban J connectivity index is 1.14. The summed E-state index contributed by atoms with van der Waals surface area (Å²) in [6.45, 7) is 7.00. The van der Waals surface area contributed by atoms with E-state index in [9.17, 15) is 14.4 Å². The number of nitrogens with two attached hydrogens (primary N) is 2. The van der Waals surface area contributed by atoms with Gasteiger partial charge in [-0.25, -0.2) is 10.7 Å². The first-order chi connectivity index (χ1) is 22.4. The SMILES string of the molecule is CCCCOc1nc(N)c2[nH]c(=O)n(Cc3ccc(CN4CCC(CCNC(=O)CCCCCNC(=O)CON)CC4)cc3)c2n1. The largest absolute Gasteiger partial charge is 0.463 e. The molecule has 0 atom stereocenters. The van der Waals surface area contributed by atoms with Gasteiger partial charge in [-0.3, -0.25) is 23.9 Å². The second-order valence-corrected chi connectivity index (χ2v) is 12.0. The Kier molecular flexibility index (Phi) is 13.8. The predicted molar refractivity (Wildman–Crippen MR) is 176 cm³/mol. The lowest BCUT2D eigenvalue weighted by molar-refractivity contribution is -0.126. The maximum Gasteiger partial charge on any atom is 0.328 e. The van der Waals surface area contributed by atoms with Crippen molar-refractivity contribution >= 4 is 28.8 Å². The van der Waals surface area contributed by atoms with Gasteiger partial charge in [0.05, 0.1) is 13.2 Å². The topological polar surface area (TPSA) is 196 Å². The summed E-state index contributed by atoms with van der Waals surface area (Å²) in [5, 5.41) is 5.78. The maximum absolute atomic E-state index is 12.7. The zero-order valence-corrected chi connectivity index (χ0v) is 26.9. The number of anilines is 1. The van der Waals surface area contributed by atoms with E-state index in [2.05, 4.69) is 66.5 Å². The summed E-state index contributed by atoms with van der Waals surface area (Å²) in [5.74, 6) is 5.53. The molecule has 1 fully saturated rings. The molecule has 14 nitrogen and oxygen atoms in total. The fraction of sp³-hybridized carbons (Fsp3) is 0.594. The molecule has 0 radical (unpaired) electrons. The van der Waals surface area contributed by atoms with Gasteiger partial charge in [0.1, 0.15) is 12.1 Å². The molecule has 46 heavy (non-hydrogen) atoms. The number of rotatable bonds is 19. The number of piperidine rings is 1. The first-order valence-electron chi connectivity index (χ1n) is 16.4. The Morgan fingerprint density at radius 1 is 0.978 bits per heavy atom. The highest BCUT2D eigenvalue weighted by Gasteiger charge is 2.20. The summed E-state index contributed by atoms with van der Waals surface area (Å²) >= 11 is 0. The van der Waals surface area contributed by atoms with E-state index in [0.29, 0.717) is 49.7 Å². The number of hydrogen-bond donors (Lipinski definition) is 5. The van der Waals surface area contributed by atoms with Crippen molar-refractivity contribution in [1.29, 1.82) is 0 Å². The number of fused-ring (bicyclic) bond motifs is 1. The third kappa shape index (κ3) is 10.8. The molecule has 1 aliphatic heterocycles. The minimum atomic E-state index is -0.289. The molecule has 252 valence electrons. The highest BCUT2D eigenvalue weighted by Crippen LogP contribution is 2.22. The fourth-order valence-corrected chi connectivity index (χ4v) is 5.62. The third-order valence-corrected chi connectivity index (χ3v) is 8.33. The van der Waals surface area contributed by atoms with Crippen LogP contribution in [0.25, 0.3) is 11.2 Å². The Morgan fingerprint density at radius 3 is 2.41 bits per heavy atom. The summed E-state index contributed by atoms with van der Waals surface area (Å²) in [6.07, 6.45) is 8.11. The number of aromatic amines is 1. The van der Waals surface area contributed by atoms with Crippen LogP contribution >= 0.6 is 0 Å². The number of imidazole rings is 1. The zero-order chi connectivity index (χ0) is 32.7. The molecule has 1 aromatic carbocycles. The average Bonchev–Trinajstić information content (AvgIpc) is 3.36. The standard InChI is InChI=1S/C32H49N9O5/c1-2-3-19-45-31-38-29(33)28-30(39-31)41(32(44)37-28)21-25-10-8-24(9-11-25)20-40-17-13-23(14-18-40)12-16-36-26(42)7-5-4-6-15-35-27(43)22-46-34/h8-11,23H,2-7,12-22,34H2,1H3,(H,35,43)(H,36,42)(H,37,44)(H2,33,38,39). The molecule has 7 N–H and O–H groups in total. The molecule has 4 rings (SSSR count). The number of amides is 2. The van der Waals surface area contributed by atoms with E-state index in [0.717, 1.165) is 76.6 Å². The predicted octanol–water partition coefficient (Wildman–Crippen LogP) is 2.21. The first kappa shape index (κ1) is 34.9. The van der Waals surface area contributed by atoms with Crippen LogP contribution in [-0.2, 0) is 27.5 Å². The molecular weight excluding hydrogens is 590 g/mol. The van der Waals surface area contributed by atoms with Gasteiger partial charge < -0.3 is 26.1 Å². The average molecular weight is 640 g/mol. The molecule has 0 saturated carbocycles. The summed E-state index contributed by atoms with van der Waals surface area (Å²) < 4.78 is 7.20. The number of unbranched alkanes of at least 4 members (excludes halogenated alkanes) is 3. The molecular formula is C32H49N9O5. The van der Waals surface area contributed by atoms with Gasteiger partial charge in [0.25, 0.3) is 0 Å². The van der Waals surface area contributed by atoms with Gasteiger partial charge in [0.2, 0.25) is 11.8 Å². The highest BCUT2D eigenvalue weighted by molar-refractivity contribution is 5.82. The lowest BCUT2D eigenvalue weighted by Gasteiger charge is -2.32. The number of benzene rings is 1. The molecule has 0 unspecified atom stereocenters.